The molecule has 0 fully saturated rings. The number of thioether (sulfide) groups is 1. The summed E-state index contributed by atoms with van der Waals surface area (Å²) in [5.74, 6) is 0.501. The highest BCUT2D eigenvalue weighted by molar-refractivity contribution is 8.00. The third-order valence-corrected chi connectivity index (χ3v) is 4.28. The molecule has 0 unspecified atom stereocenters. The first-order valence-electron chi connectivity index (χ1n) is 6.41. The predicted molar refractivity (Wildman–Crippen MR) is 84.7 cm³/mol. The second-order valence-electron chi connectivity index (χ2n) is 4.52. The minimum atomic E-state index is 0.102. The molecule has 0 atom stereocenters. The van der Waals surface area contributed by atoms with Crippen molar-refractivity contribution in [3.05, 3.63) is 53.6 Å². The van der Waals surface area contributed by atoms with Crippen LogP contribution in [0.25, 0.3) is 11.0 Å². The van der Waals surface area contributed by atoms with Crippen LogP contribution in [0.4, 0.5) is 0 Å². The predicted octanol–water partition coefficient (Wildman–Crippen LogP) is 3.45. The Kier molecular flexibility index (Phi) is 4.22. The molecule has 0 radical (unpaired) electrons. The molecule has 0 amide bonds. The molecule has 6 heteroatoms. The summed E-state index contributed by atoms with van der Waals surface area (Å²) in [5.41, 5.74) is 1.68. The Bertz CT molecular complexity index is 770. The zero-order valence-corrected chi connectivity index (χ0v) is 12.6. The van der Waals surface area contributed by atoms with Gasteiger partial charge in [0, 0.05) is 9.92 Å². The summed E-state index contributed by atoms with van der Waals surface area (Å²) in [6, 6.07) is 15.1. The van der Waals surface area contributed by atoms with E-state index in [0.717, 1.165) is 15.9 Å². The van der Waals surface area contributed by atoms with Gasteiger partial charge >= 0.3 is 0 Å². The molecule has 21 heavy (non-hydrogen) atoms. The van der Waals surface area contributed by atoms with Crippen molar-refractivity contribution in [1.82, 2.24) is 15.0 Å². The van der Waals surface area contributed by atoms with Crippen molar-refractivity contribution in [1.29, 1.82) is 0 Å². The Morgan fingerprint density at radius 3 is 2.71 bits per heavy atom. The fraction of sp³-hybridized carbons (Fsp3) is 0.133. The molecule has 0 aliphatic carbocycles. The lowest BCUT2D eigenvalue weighted by atomic mass is 10.3. The zero-order chi connectivity index (χ0) is 14.7. The normalized spacial score (nSPS) is 10.9. The summed E-state index contributed by atoms with van der Waals surface area (Å²) in [6.45, 7) is 0.237. The van der Waals surface area contributed by atoms with Gasteiger partial charge < -0.3 is 0 Å². The van der Waals surface area contributed by atoms with E-state index in [1.165, 1.54) is 11.8 Å². The number of halogens is 1. The molecular weight excluding hydrogens is 306 g/mol. The molecule has 106 valence electrons. The Morgan fingerprint density at radius 2 is 1.90 bits per heavy atom. The van der Waals surface area contributed by atoms with Crippen molar-refractivity contribution in [3.63, 3.8) is 0 Å². The Balaban J connectivity index is 1.62. The maximum atomic E-state index is 12.1. The standard InChI is InChI=1S/C15H12ClN3OS/c16-11-5-7-13(8-6-11)21-10-12(20)9-19-15-4-2-1-3-14(15)17-18-19/h1-8H,9-10H2. The van der Waals surface area contributed by atoms with E-state index in [9.17, 15) is 4.79 Å². The molecular formula is C15H12ClN3OS. The van der Waals surface area contributed by atoms with Crippen molar-refractivity contribution in [2.24, 2.45) is 0 Å². The monoisotopic (exact) mass is 317 g/mol. The van der Waals surface area contributed by atoms with E-state index in [1.807, 2.05) is 48.5 Å². The van der Waals surface area contributed by atoms with Crippen LogP contribution in [0, 0.1) is 0 Å². The van der Waals surface area contributed by atoms with E-state index >= 15 is 0 Å². The zero-order valence-electron chi connectivity index (χ0n) is 11.1. The fourth-order valence-electron chi connectivity index (χ4n) is 1.94. The summed E-state index contributed by atoms with van der Waals surface area (Å²) in [4.78, 5) is 13.1. The summed E-state index contributed by atoms with van der Waals surface area (Å²) >= 11 is 7.32. The largest absolute Gasteiger partial charge is 0.297 e. The highest BCUT2D eigenvalue weighted by Crippen LogP contribution is 2.20. The van der Waals surface area contributed by atoms with Crippen LogP contribution in [0.2, 0.25) is 5.02 Å². The van der Waals surface area contributed by atoms with E-state index in [-0.39, 0.29) is 12.3 Å². The number of carbonyl (C=O) groups excluding carboxylic acids is 1. The number of rotatable bonds is 5. The topological polar surface area (TPSA) is 47.8 Å². The van der Waals surface area contributed by atoms with Crippen LogP contribution in [0.5, 0.6) is 0 Å². The third-order valence-electron chi connectivity index (χ3n) is 2.96. The lowest BCUT2D eigenvalue weighted by molar-refractivity contribution is -0.117. The van der Waals surface area contributed by atoms with Gasteiger partial charge in [0.25, 0.3) is 0 Å². The summed E-state index contributed by atoms with van der Waals surface area (Å²) in [6.07, 6.45) is 0. The number of para-hydroxylation sites is 1. The third kappa shape index (κ3) is 3.43. The number of nitrogens with zero attached hydrogens (tertiary/aromatic N) is 3. The van der Waals surface area contributed by atoms with Crippen molar-refractivity contribution in [2.75, 3.05) is 5.75 Å². The van der Waals surface area contributed by atoms with Gasteiger partial charge in [-0.1, -0.05) is 28.9 Å². The maximum absolute atomic E-state index is 12.1. The second kappa shape index (κ2) is 6.28. The van der Waals surface area contributed by atoms with Gasteiger partial charge in [-0.3, -0.25) is 4.79 Å². The minimum Gasteiger partial charge on any atom is -0.297 e. The first-order chi connectivity index (χ1) is 10.2. The van der Waals surface area contributed by atoms with Crippen molar-refractivity contribution in [3.8, 4) is 0 Å². The van der Waals surface area contributed by atoms with Crippen LogP contribution in [0.3, 0.4) is 0 Å². The highest BCUT2D eigenvalue weighted by Gasteiger charge is 2.09. The number of Topliss-reactive ketones (excluding diaryl/α,β-unsaturated/α-hetero) is 1. The Morgan fingerprint density at radius 1 is 1.14 bits per heavy atom. The molecule has 0 saturated carbocycles. The molecule has 0 saturated heterocycles. The first-order valence-corrected chi connectivity index (χ1v) is 7.77. The lowest BCUT2D eigenvalue weighted by Crippen LogP contribution is -2.13. The maximum Gasteiger partial charge on any atom is 0.164 e. The van der Waals surface area contributed by atoms with Crippen molar-refractivity contribution < 1.29 is 4.79 Å². The van der Waals surface area contributed by atoms with Crippen LogP contribution in [0.15, 0.2) is 53.4 Å². The molecule has 2 aromatic carbocycles. The molecule has 3 aromatic rings. The molecule has 4 nitrogen and oxygen atoms in total. The van der Waals surface area contributed by atoms with Crippen molar-refractivity contribution >= 4 is 40.2 Å². The van der Waals surface area contributed by atoms with E-state index in [4.69, 9.17) is 11.6 Å². The van der Waals surface area contributed by atoms with E-state index in [1.54, 1.807) is 4.68 Å². The number of benzene rings is 2. The molecule has 0 bridgehead atoms. The van der Waals surface area contributed by atoms with Gasteiger partial charge in [-0.05, 0) is 36.4 Å². The summed E-state index contributed by atoms with van der Waals surface area (Å²) < 4.78 is 1.64. The van der Waals surface area contributed by atoms with Gasteiger partial charge in [-0.2, -0.15) is 0 Å². The minimum absolute atomic E-state index is 0.102. The Hall–Kier alpha value is -1.85. The lowest BCUT2D eigenvalue weighted by Gasteiger charge is -2.03. The first kappa shape index (κ1) is 14.1. The average molecular weight is 318 g/mol. The molecule has 0 N–H and O–H groups in total. The van der Waals surface area contributed by atoms with Crippen LogP contribution in [0.1, 0.15) is 0 Å². The van der Waals surface area contributed by atoms with Gasteiger partial charge in [0.05, 0.1) is 11.3 Å². The SMILES string of the molecule is O=C(CSc1ccc(Cl)cc1)Cn1nnc2ccccc21. The Labute approximate surface area is 131 Å². The number of ketones is 1. The molecule has 0 aliphatic heterocycles. The van der Waals surface area contributed by atoms with Gasteiger partial charge in [0.2, 0.25) is 0 Å². The number of hydrogen-bond acceptors (Lipinski definition) is 4. The number of carbonyl (C=O) groups is 1. The summed E-state index contributed by atoms with van der Waals surface area (Å²) in [5, 5.41) is 8.75. The van der Waals surface area contributed by atoms with E-state index in [0.29, 0.717) is 10.8 Å². The number of fused-ring (bicyclic) bond motifs is 1. The highest BCUT2D eigenvalue weighted by atomic mass is 35.5. The number of aromatic nitrogens is 3. The van der Waals surface area contributed by atoms with Crippen LogP contribution in [-0.4, -0.2) is 26.5 Å². The molecule has 1 aromatic heterocycles. The quantitative estimate of drug-likeness (QED) is 0.676. The van der Waals surface area contributed by atoms with Gasteiger partial charge in [-0.25, -0.2) is 4.68 Å². The average Bonchev–Trinajstić information content (AvgIpc) is 2.90. The van der Waals surface area contributed by atoms with Crippen molar-refractivity contribution in [2.45, 2.75) is 11.4 Å². The van der Waals surface area contributed by atoms with Crippen LogP contribution < -0.4 is 0 Å². The molecule has 3 rings (SSSR count). The fourth-order valence-corrected chi connectivity index (χ4v) is 2.81. The van der Waals surface area contributed by atoms with Gasteiger partial charge in [0.15, 0.2) is 5.78 Å². The van der Waals surface area contributed by atoms with Gasteiger partial charge in [0.1, 0.15) is 12.1 Å². The molecule has 0 aliphatic rings. The molecule has 1 heterocycles. The van der Waals surface area contributed by atoms with Crippen LogP contribution >= 0.6 is 23.4 Å². The molecule has 0 spiro atoms. The van der Waals surface area contributed by atoms with Crippen LogP contribution in [-0.2, 0) is 11.3 Å². The number of hydrogen-bond donors (Lipinski definition) is 0. The van der Waals surface area contributed by atoms with E-state index < -0.39 is 0 Å². The summed E-state index contributed by atoms with van der Waals surface area (Å²) in [7, 11) is 0. The van der Waals surface area contributed by atoms with E-state index in [2.05, 4.69) is 10.3 Å². The second-order valence-corrected chi connectivity index (χ2v) is 6.00. The van der Waals surface area contributed by atoms with Gasteiger partial charge in [-0.15, -0.1) is 16.9 Å². The smallest absolute Gasteiger partial charge is 0.164 e.